The lowest BCUT2D eigenvalue weighted by Crippen LogP contribution is -2.63. The van der Waals surface area contributed by atoms with E-state index in [-0.39, 0.29) is 47.3 Å². The second-order valence-corrected chi connectivity index (χ2v) is 10.2. The van der Waals surface area contributed by atoms with Gasteiger partial charge in [0.25, 0.3) is 0 Å². The first kappa shape index (κ1) is 21.4. The quantitative estimate of drug-likeness (QED) is 0.489. The van der Waals surface area contributed by atoms with Crippen LogP contribution >= 0.6 is 0 Å². The van der Waals surface area contributed by atoms with Gasteiger partial charge in [0, 0.05) is 0 Å². The maximum absolute atomic E-state index is 13.7. The van der Waals surface area contributed by atoms with Crippen LogP contribution in [0, 0.1) is 47.3 Å². The Labute approximate surface area is 207 Å². The highest BCUT2D eigenvalue weighted by molar-refractivity contribution is 6.25. The van der Waals surface area contributed by atoms with Gasteiger partial charge in [0.15, 0.2) is 0 Å². The molecule has 182 valence electrons. The van der Waals surface area contributed by atoms with Crippen LogP contribution in [-0.2, 0) is 19.2 Å². The van der Waals surface area contributed by atoms with Gasteiger partial charge >= 0.3 is 0 Å². The molecule has 2 heterocycles. The number of benzene rings is 2. The third kappa shape index (κ3) is 2.39. The number of carbonyl (C=O) groups is 4. The predicted molar refractivity (Wildman–Crippen MR) is 128 cm³/mol. The Bertz CT molecular complexity index is 1330. The Kier molecular flexibility index (Phi) is 4.32. The molecule has 4 fully saturated rings. The second kappa shape index (κ2) is 7.29. The maximum atomic E-state index is 13.7. The van der Waals surface area contributed by atoms with E-state index in [0.29, 0.717) is 22.9 Å². The van der Waals surface area contributed by atoms with E-state index in [9.17, 15) is 19.2 Å². The Morgan fingerprint density at radius 2 is 0.917 bits per heavy atom. The molecule has 8 atom stereocenters. The third-order valence-electron chi connectivity index (χ3n) is 9.00. The molecule has 4 aliphatic carbocycles. The molecule has 2 saturated carbocycles. The normalized spacial score (nSPS) is 35.5. The maximum Gasteiger partial charge on any atom is 0.238 e. The van der Waals surface area contributed by atoms with E-state index in [1.165, 1.54) is 24.0 Å². The number of para-hydroxylation sites is 4. The Hall–Kier alpha value is -3.94. The van der Waals surface area contributed by atoms with Crippen molar-refractivity contribution in [2.45, 2.75) is 0 Å². The second-order valence-electron chi connectivity index (χ2n) is 10.2. The molecule has 2 aromatic carbocycles. The van der Waals surface area contributed by atoms with Gasteiger partial charge in [-0.25, -0.2) is 9.80 Å². The SMILES string of the molecule is COc1ccccc1N1C(=O)[C@@H]2[C@H]3C=C[C@@H]([C@@H]2C1=O)[C@H]1[C@@H]2C(=O)N(c4ccccc4OC)C(=O)[C@@H]2[C@@H]31. The van der Waals surface area contributed by atoms with Gasteiger partial charge in [-0.15, -0.1) is 0 Å². The zero-order valence-corrected chi connectivity index (χ0v) is 19.7. The summed E-state index contributed by atoms with van der Waals surface area (Å²) in [5, 5.41) is 0. The summed E-state index contributed by atoms with van der Waals surface area (Å²) in [7, 11) is 3.02. The molecule has 8 rings (SSSR count). The van der Waals surface area contributed by atoms with Crippen LogP contribution in [0.25, 0.3) is 0 Å². The highest BCUT2D eigenvalue weighted by Gasteiger charge is 2.75. The number of hydrogen-bond acceptors (Lipinski definition) is 6. The molecule has 6 aliphatic rings. The molecule has 0 radical (unpaired) electrons. The summed E-state index contributed by atoms with van der Waals surface area (Å²) in [4.78, 5) is 57.2. The molecule has 2 aromatic rings. The molecule has 0 spiro atoms. The van der Waals surface area contributed by atoms with Gasteiger partial charge in [0.1, 0.15) is 11.5 Å². The number of methoxy groups -OCH3 is 2. The van der Waals surface area contributed by atoms with Crippen LogP contribution in [0.4, 0.5) is 11.4 Å². The largest absolute Gasteiger partial charge is 0.495 e. The van der Waals surface area contributed by atoms with Crippen LogP contribution in [-0.4, -0.2) is 37.8 Å². The number of imide groups is 2. The monoisotopic (exact) mass is 484 g/mol. The molecule has 8 nitrogen and oxygen atoms in total. The highest BCUT2D eigenvalue weighted by Crippen LogP contribution is 2.68. The van der Waals surface area contributed by atoms with E-state index < -0.39 is 23.7 Å². The Balaban J connectivity index is 1.26. The van der Waals surface area contributed by atoms with Crippen LogP contribution in [0.15, 0.2) is 60.7 Å². The van der Waals surface area contributed by atoms with E-state index in [1.807, 2.05) is 12.2 Å². The van der Waals surface area contributed by atoms with Crippen LogP contribution < -0.4 is 19.3 Å². The summed E-state index contributed by atoms with van der Waals surface area (Å²) < 4.78 is 10.8. The molecule has 0 N–H and O–H groups in total. The van der Waals surface area contributed by atoms with Crippen LogP contribution in [0.3, 0.4) is 0 Å². The number of carbonyl (C=O) groups excluding carboxylic acids is 4. The summed E-state index contributed by atoms with van der Waals surface area (Å²) in [5.41, 5.74) is 0.877. The molecular weight excluding hydrogens is 460 g/mol. The fourth-order valence-electron chi connectivity index (χ4n) is 7.70. The summed E-state index contributed by atoms with van der Waals surface area (Å²) in [6.45, 7) is 0. The minimum absolute atomic E-state index is 0.142. The first-order valence-electron chi connectivity index (χ1n) is 12.2. The topological polar surface area (TPSA) is 93.2 Å². The molecule has 2 bridgehead atoms. The van der Waals surface area contributed by atoms with Crippen molar-refractivity contribution in [3.05, 3.63) is 60.7 Å². The standard InChI is InChI=1S/C28H24N2O6/c1-35-17-9-5-3-7-15(17)29-25(31)21-13-11-12-14(22(21)26(29)32)20-19(13)23-24(20)28(34)30(27(23)33)16-8-4-6-10-18(16)36-2/h3-14,19-24H,1-2H3/t13-,14+,19-,20+,21+,22-,23+,24-. The lowest BCUT2D eigenvalue weighted by atomic mass is 9.40. The van der Waals surface area contributed by atoms with Crippen LogP contribution in [0.2, 0.25) is 0 Å². The molecule has 36 heavy (non-hydrogen) atoms. The lowest BCUT2D eigenvalue weighted by Gasteiger charge is -2.60. The van der Waals surface area contributed by atoms with Gasteiger partial charge in [-0.3, -0.25) is 19.2 Å². The fourth-order valence-corrected chi connectivity index (χ4v) is 7.70. The first-order valence-corrected chi connectivity index (χ1v) is 12.2. The van der Waals surface area contributed by atoms with Gasteiger partial charge in [-0.2, -0.15) is 0 Å². The van der Waals surface area contributed by atoms with Crippen molar-refractivity contribution in [2.75, 3.05) is 24.0 Å². The number of amides is 4. The number of hydrogen-bond donors (Lipinski definition) is 0. The number of nitrogens with zero attached hydrogens (tertiary/aromatic N) is 2. The molecule has 0 aromatic heterocycles. The summed E-state index contributed by atoms with van der Waals surface area (Å²) in [5.74, 6) is -2.97. The van der Waals surface area contributed by atoms with E-state index in [2.05, 4.69) is 0 Å². The molecule has 8 heteroatoms. The lowest BCUT2D eigenvalue weighted by molar-refractivity contribution is -0.166. The van der Waals surface area contributed by atoms with Crippen molar-refractivity contribution >= 4 is 35.0 Å². The number of rotatable bonds is 4. The van der Waals surface area contributed by atoms with Gasteiger partial charge in [-0.05, 0) is 47.9 Å². The molecule has 2 saturated heterocycles. The molecular formula is C28H24N2O6. The zero-order chi connectivity index (χ0) is 24.9. The predicted octanol–water partition coefficient (Wildman–Crippen LogP) is 2.68. The van der Waals surface area contributed by atoms with Gasteiger partial charge in [0.2, 0.25) is 23.6 Å². The molecule has 0 unspecified atom stereocenters. The average Bonchev–Trinajstić information content (AvgIpc) is 3.27. The smallest absolute Gasteiger partial charge is 0.238 e. The summed E-state index contributed by atoms with van der Waals surface area (Å²) in [6.07, 6.45) is 4.01. The fraction of sp³-hybridized carbons (Fsp3) is 0.357. The van der Waals surface area contributed by atoms with Crippen LogP contribution in [0.1, 0.15) is 0 Å². The first-order chi connectivity index (χ1) is 17.5. The minimum atomic E-state index is -0.539. The third-order valence-corrected chi connectivity index (χ3v) is 9.00. The van der Waals surface area contributed by atoms with Gasteiger partial charge in [0.05, 0.1) is 49.3 Å². The number of anilines is 2. The van der Waals surface area contributed by atoms with Crippen molar-refractivity contribution in [3.63, 3.8) is 0 Å². The average molecular weight is 485 g/mol. The van der Waals surface area contributed by atoms with Crippen molar-refractivity contribution in [1.82, 2.24) is 0 Å². The van der Waals surface area contributed by atoms with Gasteiger partial charge < -0.3 is 9.47 Å². The van der Waals surface area contributed by atoms with E-state index in [0.717, 1.165) is 0 Å². The van der Waals surface area contributed by atoms with E-state index in [4.69, 9.17) is 9.47 Å². The number of fused-ring (bicyclic) bond motifs is 1. The number of allylic oxidation sites excluding steroid dienone is 2. The Morgan fingerprint density at radius 1 is 0.556 bits per heavy atom. The highest BCUT2D eigenvalue weighted by atomic mass is 16.5. The van der Waals surface area contributed by atoms with E-state index >= 15 is 0 Å². The molecule has 2 aliphatic heterocycles. The van der Waals surface area contributed by atoms with Crippen molar-refractivity contribution in [3.8, 4) is 11.5 Å². The minimum Gasteiger partial charge on any atom is -0.495 e. The van der Waals surface area contributed by atoms with Crippen molar-refractivity contribution in [2.24, 2.45) is 47.3 Å². The number of ether oxygens (including phenoxy) is 2. The zero-order valence-electron chi connectivity index (χ0n) is 19.7. The van der Waals surface area contributed by atoms with Crippen molar-refractivity contribution in [1.29, 1.82) is 0 Å². The summed E-state index contributed by atoms with van der Waals surface area (Å²) >= 11 is 0. The van der Waals surface area contributed by atoms with Crippen LogP contribution in [0.5, 0.6) is 11.5 Å². The van der Waals surface area contributed by atoms with Gasteiger partial charge in [-0.1, -0.05) is 36.4 Å². The van der Waals surface area contributed by atoms with Crippen molar-refractivity contribution < 1.29 is 28.7 Å². The molecule has 4 amide bonds. The Morgan fingerprint density at radius 3 is 1.31 bits per heavy atom. The summed E-state index contributed by atoms with van der Waals surface area (Å²) in [6, 6.07) is 14.0. The van der Waals surface area contributed by atoms with E-state index in [1.54, 1.807) is 48.5 Å².